The molecule has 0 aromatic heterocycles. The van der Waals surface area contributed by atoms with Crippen LogP contribution >= 0.6 is 0 Å². The molecule has 4 rings (SSSR count). The number of fused-ring (bicyclic) bond motifs is 3. The quantitative estimate of drug-likeness (QED) is 0.321. The zero-order chi connectivity index (χ0) is 25.5. The van der Waals surface area contributed by atoms with Gasteiger partial charge in [0.1, 0.15) is 12.9 Å². The molecule has 0 saturated carbocycles. The van der Waals surface area contributed by atoms with Crippen LogP contribution in [0, 0.1) is 5.92 Å². The topological polar surface area (TPSA) is 114 Å². The molecule has 1 aliphatic heterocycles. The average molecular weight is 506 g/mol. The van der Waals surface area contributed by atoms with E-state index in [2.05, 4.69) is 39.9 Å². The highest BCUT2D eigenvalue weighted by Crippen LogP contribution is 2.44. The van der Waals surface area contributed by atoms with Crippen LogP contribution in [0.5, 0.6) is 0 Å². The van der Waals surface area contributed by atoms with Gasteiger partial charge >= 0.3 is 6.09 Å². The van der Waals surface area contributed by atoms with Gasteiger partial charge < -0.3 is 25.1 Å². The minimum Gasteiger partial charge on any atom is -0.449 e. The summed E-state index contributed by atoms with van der Waals surface area (Å²) in [7, 11) is -0.189. The molecule has 0 spiro atoms. The third kappa shape index (κ3) is 5.84. The molecule has 36 heavy (non-hydrogen) atoms. The molecule has 1 aliphatic carbocycles. The summed E-state index contributed by atoms with van der Waals surface area (Å²) in [6.07, 6.45) is 2.34. The van der Waals surface area contributed by atoms with Gasteiger partial charge in [0.25, 0.3) is 0 Å². The lowest BCUT2D eigenvalue weighted by Crippen LogP contribution is -2.44. The maximum absolute atomic E-state index is 12.9. The fourth-order valence-corrected chi connectivity index (χ4v) is 5.96. The van der Waals surface area contributed by atoms with E-state index in [0.29, 0.717) is 25.7 Å². The number of aldehydes is 1. The van der Waals surface area contributed by atoms with Crippen LogP contribution < -0.4 is 15.6 Å². The monoisotopic (exact) mass is 505 g/mol. The zero-order valence-electron chi connectivity index (χ0n) is 20.3. The van der Waals surface area contributed by atoms with Gasteiger partial charge in [0.15, 0.2) is 9.68 Å². The summed E-state index contributed by atoms with van der Waals surface area (Å²) in [5, 5.41) is 5.49. The first-order chi connectivity index (χ1) is 17.5. The Balaban J connectivity index is 1.30. The molecule has 1 fully saturated rings. The minimum absolute atomic E-state index is 0.0395. The van der Waals surface area contributed by atoms with Crippen molar-refractivity contribution in [1.82, 2.24) is 15.6 Å². The van der Waals surface area contributed by atoms with E-state index in [1.165, 1.54) is 0 Å². The second-order valence-electron chi connectivity index (χ2n) is 9.20. The molecule has 3 amide bonds. The van der Waals surface area contributed by atoms with E-state index in [0.717, 1.165) is 28.7 Å². The first kappa shape index (κ1) is 25.6. The van der Waals surface area contributed by atoms with Crippen LogP contribution in [0.3, 0.4) is 0 Å². The number of hydrogen-bond acceptors (Lipinski definition) is 5. The summed E-state index contributed by atoms with van der Waals surface area (Å²) in [5.41, 5.74) is 4.10. The first-order valence-electron chi connectivity index (χ1n) is 12.4. The number of nitrogens with one attached hydrogen (secondary N) is 3. The van der Waals surface area contributed by atoms with Gasteiger partial charge in [-0.05, 0) is 41.5 Å². The number of amides is 3. The van der Waals surface area contributed by atoms with Crippen molar-refractivity contribution in [3.8, 4) is 11.1 Å². The van der Waals surface area contributed by atoms with Crippen LogP contribution in [-0.4, -0.2) is 53.1 Å². The largest absolute Gasteiger partial charge is 0.449 e. The first-order valence-corrected chi connectivity index (χ1v) is 13.5. The maximum Gasteiger partial charge on any atom is 0.398 e. The summed E-state index contributed by atoms with van der Waals surface area (Å²) in [6.45, 7) is 2.75. The predicted molar refractivity (Wildman–Crippen MR) is 136 cm³/mol. The van der Waals surface area contributed by atoms with Gasteiger partial charge in [-0.1, -0.05) is 61.9 Å². The molecule has 3 N–H and O–H groups in total. The highest BCUT2D eigenvalue weighted by molar-refractivity contribution is 6.44. The van der Waals surface area contributed by atoms with Gasteiger partial charge in [0.2, 0.25) is 11.8 Å². The van der Waals surface area contributed by atoms with Crippen LogP contribution in [0.15, 0.2) is 48.5 Å². The Morgan fingerprint density at radius 1 is 1.14 bits per heavy atom. The van der Waals surface area contributed by atoms with E-state index in [-0.39, 0.29) is 46.4 Å². The lowest BCUT2D eigenvalue weighted by Gasteiger charge is -2.20. The lowest BCUT2D eigenvalue weighted by molar-refractivity contribution is -0.126. The molecule has 1 saturated heterocycles. The Morgan fingerprint density at radius 3 is 2.39 bits per heavy atom. The molecule has 0 bridgehead atoms. The second-order valence-corrected chi connectivity index (χ2v) is 10.4. The Labute approximate surface area is 213 Å². The van der Waals surface area contributed by atoms with Gasteiger partial charge in [-0.2, -0.15) is 0 Å². The van der Waals surface area contributed by atoms with Crippen molar-refractivity contribution in [1.29, 1.82) is 0 Å². The fourth-order valence-electron chi connectivity index (χ4n) is 4.95. The van der Waals surface area contributed by atoms with Crippen LogP contribution in [0.4, 0.5) is 4.79 Å². The summed E-state index contributed by atoms with van der Waals surface area (Å²) >= 11 is 0. The van der Waals surface area contributed by atoms with Crippen LogP contribution in [0.1, 0.15) is 49.7 Å². The van der Waals surface area contributed by atoms with E-state index >= 15 is 0 Å². The molecule has 2 aliphatic rings. The zero-order valence-corrected chi connectivity index (χ0v) is 21.3. The van der Waals surface area contributed by atoms with E-state index in [4.69, 9.17) is 4.74 Å². The molecule has 2 aromatic carbocycles. The summed E-state index contributed by atoms with van der Waals surface area (Å²) in [4.78, 5) is 51.5. The minimum atomic E-state index is -0.732. The van der Waals surface area contributed by atoms with Crippen LogP contribution in [-0.2, 0) is 19.1 Å². The third-order valence-corrected chi connectivity index (χ3v) is 8.03. The van der Waals surface area contributed by atoms with Crippen LogP contribution in [0.25, 0.3) is 11.1 Å². The van der Waals surface area contributed by atoms with Crippen molar-refractivity contribution < 1.29 is 23.9 Å². The van der Waals surface area contributed by atoms with Gasteiger partial charge in [-0.3, -0.25) is 9.59 Å². The molecule has 8 nitrogen and oxygen atoms in total. The Bertz CT molecular complexity index is 1080. The van der Waals surface area contributed by atoms with Crippen molar-refractivity contribution >= 4 is 33.9 Å². The average Bonchev–Trinajstić information content (AvgIpc) is 3.45. The number of ether oxygens (including phenoxy) is 1. The second kappa shape index (κ2) is 12.0. The van der Waals surface area contributed by atoms with Gasteiger partial charge in [0.05, 0.1) is 11.6 Å². The standard InChI is InChI=1S/C27H31N3O5Si/c1-2-7-24(26(33)29-18(15-31)14-17-12-13-28-25(17)32)36-30-27(34)35-16-23-21-10-5-3-8-19(21)20-9-4-6-11-22(20)23/h3-6,8-11,15,17-18,23-24H,2,7,12-14,16H2,1H3,(H,28,32)(H,29,33)(H,30,34)/t17-,18-,24-/m0/s1. The smallest absolute Gasteiger partial charge is 0.398 e. The van der Waals surface area contributed by atoms with Crippen molar-refractivity contribution in [3.63, 3.8) is 0 Å². The Morgan fingerprint density at radius 2 is 1.81 bits per heavy atom. The highest BCUT2D eigenvalue weighted by atomic mass is 28.2. The molecular formula is C27H31N3O5Si. The van der Waals surface area contributed by atoms with Gasteiger partial charge in [-0.15, -0.1) is 0 Å². The summed E-state index contributed by atoms with van der Waals surface area (Å²) < 4.78 is 5.58. The van der Waals surface area contributed by atoms with E-state index in [1.54, 1.807) is 0 Å². The van der Waals surface area contributed by atoms with E-state index in [1.807, 2.05) is 31.2 Å². The maximum atomic E-state index is 12.9. The summed E-state index contributed by atoms with van der Waals surface area (Å²) in [6, 6.07) is 15.5. The number of rotatable bonds is 11. The van der Waals surface area contributed by atoms with Crippen molar-refractivity contribution in [2.45, 2.75) is 50.1 Å². The van der Waals surface area contributed by atoms with Crippen molar-refractivity contribution in [2.75, 3.05) is 13.2 Å². The number of hydrogen-bond donors (Lipinski definition) is 3. The summed E-state index contributed by atoms with van der Waals surface area (Å²) in [5.74, 6) is -0.696. The predicted octanol–water partition coefficient (Wildman–Crippen LogP) is 2.94. The van der Waals surface area contributed by atoms with Gasteiger partial charge in [-0.25, -0.2) is 4.79 Å². The molecular weight excluding hydrogens is 474 g/mol. The van der Waals surface area contributed by atoms with E-state index in [9.17, 15) is 19.2 Å². The van der Waals surface area contributed by atoms with E-state index < -0.39 is 17.7 Å². The van der Waals surface area contributed by atoms with Crippen molar-refractivity contribution in [3.05, 3.63) is 59.7 Å². The molecule has 188 valence electrons. The number of carbonyl (C=O) groups is 4. The lowest BCUT2D eigenvalue weighted by atomic mass is 9.98. The molecule has 2 radical (unpaired) electrons. The van der Waals surface area contributed by atoms with Gasteiger partial charge in [0, 0.05) is 18.4 Å². The number of benzene rings is 2. The Hall–Kier alpha value is -3.46. The highest BCUT2D eigenvalue weighted by Gasteiger charge is 2.31. The normalized spacial score (nSPS) is 17.9. The SMILES string of the molecule is CCC[C@H]([Si]NC(=O)OCC1c2ccccc2-c2ccccc21)C(=O)N[C@H](C=O)C[C@@H]1CCNC1=O. The molecule has 0 unspecified atom stereocenters. The molecule has 2 aromatic rings. The fraction of sp³-hybridized carbons (Fsp3) is 0.407. The molecule has 1 heterocycles. The number of carbonyl (C=O) groups excluding carboxylic acids is 4. The Kier molecular flexibility index (Phi) is 8.53. The molecule has 9 heteroatoms. The van der Waals surface area contributed by atoms with Crippen LogP contribution in [0.2, 0.25) is 5.54 Å². The van der Waals surface area contributed by atoms with Crippen molar-refractivity contribution in [2.24, 2.45) is 5.92 Å². The third-order valence-electron chi connectivity index (χ3n) is 6.78. The molecule has 3 atom stereocenters.